The van der Waals surface area contributed by atoms with Crippen LogP contribution in [0.15, 0.2) is 11.6 Å². The van der Waals surface area contributed by atoms with Gasteiger partial charge in [-0.3, -0.25) is 14.9 Å². The highest BCUT2D eigenvalue weighted by molar-refractivity contribution is 5.85. The Hall–Kier alpha value is -1.32. The molecular formula is C24H35NO7. The van der Waals surface area contributed by atoms with Gasteiger partial charge in [-0.2, -0.15) is 0 Å². The Labute approximate surface area is 188 Å². The number of rotatable bonds is 3. The number of Topliss-reactive ketones (excluding diaryl/α,β-unsaturated/α-hetero) is 1. The van der Waals surface area contributed by atoms with Crippen LogP contribution >= 0.6 is 0 Å². The molecular weight excluding hydrogens is 414 g/mol. The zero-order valence-corrected chi connectivity index (χ0v) is 19.1. The van der Waals surface area contributed by atoms with Gasteiger partial charge in [0, 0.05) is 36.5 Å². The fraction of sp³-hybridized carbons (Fsp3) is 0.833. The molecule has 32 heavy (non-hydrogen) atoms. The van der Waals surface area contributed by atoms with E-state index in [0.29, 0.717) is 19.6 Å². The quantitative estimate of drug-likeness (QED) is 0.336. The van der Waals surface area contributed by atoms with Crippen LogP contribution < -0.4 is 5.32 Å². The number of carbonyl (C=O) groups is 2. The summed E-state index contributed by atoms with van der Waals surface area (Å²) in [6.45, 7) is 6.25. The second-order valence-electron chi connectivity index (χ2n) is 10.7. The van der Waals surface area contributed by atoms with Gasteiger partial charge >= 0.3 is 5.97 Å². The number of aliphatic hydroxyl groups is 2. The van der Waals surface area contributed by atoms with Crippen molar-refractivity contribution in [1.29, 1.82) is 0 Å². The highest BCUT2D eigenvalue weighted by Gasteiger charge is 2.70. The second-order valence-corrected chi connectivity index (χ2v) is 10.7. The van der Waals surface area contributed by atoms with E-state index >= 15 is 0 Å². The molecule has 2 unspecified atom stereocenters. The summed E-state index contributed by atoms with van der Waals surface area (Å²) in [5, 5.41) is 23.9. The molecule has 0 aromatic rings. The molecule has 0 aromatic heterocycles. The number of nitrogens with one attached hydrogen (secondary N) is 1. The van der Waals surface area contributed by atoms with Crippen LogP contribution in [0.5, 0.6) is 0 Å². The lowest BCUT2D eigenvalue weighted by atomic mass is 9.45. The van der Waals surface area contributed by atoms with Crippen molar-refractivity contribution in [3.8, 4) is 0 Å². The molecule has 4 fully saturated rings. The molecule has 8 nitrogen and oxygen atoms in total. The second kappa shape index (κ2) is 7.60. The number of ketones is 1. The Kier molecular flexibility index (Phi) is 5.34. The highest BCUT2D eigenvalue weighted by atomic mass is 16.7. The Bertz CT molecular complexity index is 836. The number of esters is 1. The normalized spacial score (nSPS) is 46.9. The van der Waals surface area contributed by atoms with E-state index in [-0.39, 0.29) is 35.7 Å². The summed E-state index contributed by atoms with van der Waals surface area (Å²) in [5.74, 6) is -0.990. The Morgan fingerprint density at radius 1 is 1.28 bits per heavy atom. The Balaban J connectivity index is 1.53. The fourth-order valence-electron chi connectivity index (χ4n) is 8.09. The fourth-order valence-corrected chi connectivity index (χ4v) is 8.09. The average molecular weight is 450 g/mol. The molecule has 178 valence electrons. The molecule has 3 saturated carbocycles. The molecule has 0 aromatic carbocycles. The monoisotopic (exact) mass is 449 g/mol. The van der Waals surface area contributed by atoms with Gasteiger partial charge in [0.05, 0.1) is 26.0 Å². The maximum absolute atomic E-state index is 13.8. The summed E-state index contributed by atoms with van der Waals surface area (Å²) in [5.41, 5.74) is -0.170. The third-order valence-electron chi connectivity index (χ3n) is 9.43. The van der Waals surface area contributed by atoms with Gasteiger partial charge in [-0.25, -0.2) is 0 Å². The third-order valence-corrected chi connectivity index (χ3v) is 9.43. The predicted octanol–water partition coefficient (Wildman–Crippen LogP) is 1.29. The van der Waals surface area contributed by atoms with E-state index in [4.69, 9.17) is 14.2 Å². The minimum absolute atomic E-state index is 0.116. The van der Waals surface area contributed by atoms with E-state index in [9.17, 15) is 19.8 Å². The highest BCUT2D eigenvalue weighted by Crippen LogP contribution is 2.68. The molecule has 0 amide bonds. The molecule has 1 aliphatic heterocycles. The van der Waals surface area contributed by atoms with Gasteiger partial charge in [0.2, 0.25) is 0 Å². The van der Waals surface area contributed by atoms with Crippen LogP contribution in [0, 0.1) is 28.6 Å². The van der Waals surface area contributed by atoms with Crippen molar-refractivity contribution in [1.82, 2.24) is 5.32 Å². The summed E-state index contributed by atoms with van der Waals surface area (Å²) in [6, 6.07) is -0.502. The van der Waals surface area contributed by atoms with Crippen LogP contribution in [0.4, 0.5) is 0 Å². The molecule has 0 bridgehead atoms. The zero-order valence-electron chi connectivity index (χ0n) is 19.1. The SMILES string of the molecule is CC(=O)O[C@@H]1[C@@H](NCO)C=C2CC[C@@H]3[C@H](C(=O)CC4(C)[C@H]3CCC43OCCO3)C2(C)[C@H]1O. The first-order valence-electron chi connectivity index (χ1n) is 11.9. The largest absolute Gasteiger partial charge is 0.458 e. The van der Waals surface area contributed by atoms with Crippen molar-refractivity contribution in [2.24, 2.45) is 28.6 Å². The first-order valence-corrected chi connectivity index (χ1v) is 11.9. The van der Waals surface area contributed by atoms with Crippen LogP contribution in [0.25, 0.3) is 0 Å². The van der Waals surface area contributed by atoms with Crippen molar-refractivity contribution in [3.05, 3.63) is 11.6 Å². The Morgan fingerprint density at radius 2 is 2.00 bits per heavy atom. The van der Waals surface area contributed by atoms with Crippen molar-refractivity contribution in [3.63, 3.8) is 0 Å². The zero-order chi connectivity index (χ0) is 22.9. The van der Waals surface area contributed by atoms with E-state index < -0.39 is 35.4 Å². The molecule has 5 rings (SSSR count). The molecule has 3 N–H and O–H groups in total. The van der Waals surface area contributed by atoms with Gasteiger partial charge in [0.25, 0.3) is 0 Å². The third kappa shape index (κ3) is 2.86. The standard InChI is InChI=1S/C24H35NO7/c1-13(27)32-20-17(25-12-26)10-14-4-5-15-16-6-7-24(30-8-9-31-24)22(16,2)11-18(28)19(15)23(14,3)21(20)29/h10,15-17,19-21,25-26,29H,4-9,11-12H2,1-3H3/t15-,16-,17-,19+,20+,21-,22?,23?/m0/s1. The molecule has 5 aliphatic rings. The van der Waals surface area contributed by atoms with Gasteiger partial charge in [0.1, 0.15) is 18.0 Å². The lowest BCUT2D eigenvalue weighted by Crippen LogP contribution is -2.65. The number of hydrogen-bond acceptors (Lipinski definition) is 8. The predicted molar refractivity (Wildman–Crippen MR) is 113 cm³/mol. The average Bonchev–Trinajstić information content (AvgIpc) is 3.32. The van der Waals surface area contributed by atoms with Crippen molar-refractivity contribution in [2.75, 3.05) is 19.9 Å². The van der Waals surface area contributed by atoms with Crippen LogP contribution in [0.3, 0.4) is 0 Å². The Morgan fingerprint density at radius 3 is 2.66 bits per heavy atom. The van der Waals surface area contributed by atoms with Gasteiger partial charge in [-0.15, -0.1) is 0 Å². The van der Waals surface area contributed by atoms with E-state index in [1.54, 1.807) is 0 Å². The molecule has 0 radical (unpaired) electrons. The summed E-state index contributed by atoms with van der Waals surface area (Å²) in [6.07, 6.45) is 3.78. The van der Waals surface area contributed by atoms with Gasteiger partial charge < -0.3 is 24.4 Å². The van der Waals surface area contributed by atoms with Gasteiger partial charge in [0.15, 0.2) is 5.79 Å². The topological polar surface area (TPSA) is 114 Å². The molecule has 8 heteroatoms. The van der Waals surface area contributed by atoms with Crippen molar-refractivity contribution >= 4 is 11.8 Å². The smallest absolute Gasteiger partial charge is 0.303 e. The van der Waals surface area contributed by atoms with Crippen LogP contribution in [0.1, 0.15) is 52.9 Å². The van der Waals surface area contributed by atoms with Crippen molar-refractivity contribution < 1.29 is 34.0 Å². The molecule has 8 atom stereocenters. The number of ether oxygens (including phenoxy) is 3. The van der Waals surface area contributed by atoms with E-state index in [1.807, 2.05) is 13.0 Å². The first kappa shape index (κ1) is 22.5. The summed E-state index contributed by atoms with van der Waals surface area (Å²) < 4.78 is 17.8. The van der Waals surface area contributed by atoms with Crippen molar-refractivity contribution in [2.45, 2.75) is 76.9 Å². The van der Waals surface area contributed by atoms with Gasteiger partial charge in [-0.05, 0) is 31.1 Å². The maximum Gasteiger partial charge on any atom is 0.303 e. The maximum atomic E-state index is 13.8. The number of carbonyl (C=O) groups excluding carboxylic acids is 2. The summed E-state index contributed by atoms with van der Waals surface area (Å²) in [4.78, 5) is 25.7. The molecule has 1 spiro atoms. The molecule has 4 aliphatic carbocycles. The van der Waals surface area contributed by atoms with Crippen LogP contribution in [-0.2, 0) is 23.8 Å². The lowest BCUT2D eigenvalue weighted by molar-refractivity contribution is -0.241. The summed E-state index contributed by atoms with van der Waals surface area (Å²) in [7, 11) is 0. The number of aliphatic hydroxyl groups excluding tert-OH is 2. The number of fused-ring (bicyclic) bond motifs is 6. The molecule has 1 heterocycles. The van der Waals surface area contributed by atoms with E-state index in [0.717, 1.165) is 31.3 Å². The first-order chi connectivity index (χ1) is 15.2. The number of hydrogen-bond donors (Lipinski definition) is 3. The van der Waals surface area contributed by atoms with E-state index in [2.05, 4.69) is 12.2 Å². The van der Waals surface area contributed by atoms with Crippen LogP contribution in [0.2, 0.25) is 0 Å². The minimum Gasteiger partial charge on any atom is -0.458 e. The lowest BCUT2D eigenvalue weighted by Gasteiger charge is -2.60. The van der Waals surface area contributed by atoms with Gasteiger partial charge in [-0.1, -0.05) is 25.5 Å². The van der Waals surface area contributed by atoms with Crippen LogP contribution in [-0.4, -0.2) is 65.9 Å². The summed E-state index contributed by atoms with van der Waals surface area (Å²) >= 11 is 0. The minimum atomic E-state index is -1.05. The molecule has 1 saturated heterocycles. The van der Waals surface area contributed by atoms with E-state index in [1.165, 1.54) is 6.92 Å².